The highest BCUT2D eigenvalue weighted by molar-refractivity contribution is 9.10. The van der Waals surface area contributed by atoms with E-state index in [1.807, 2.05) is 26.0 Å². The number of benzene rings is 1. The van der Waals surface area contributed by atoms with E-state index in [1.54, 1.807) is 11.0 Å². The van der Waals surface area contributed by atoms with Crippen molar-refractivity contribution in [2.75, 3.05) is 13.1 Å². The Labute approximate surface area is 149 Å². The minimum Gasteiger partial charge on any atom is -0.543 e. The second-order valence-corrected chi connectivity index (χ2v) is 12.6. The van der Waals surface area contributed by atoms with Crippen LogP contribution in [0.3, 0.4) is 0 Å². The molecule has 6 heteroatoms. The first-order valence-electron chi connectivity index (χ1n) is 7.97. The van der Waals surface area contributed by atoms with Gasteiger partial charge in [-0.1, -0.05) is 20.8 Å². The molecular formula is C17H28BrNO3Si. The SMILES string of the molecule is CCN(CC)C(=O)Oc1cc(O[Si](C)(C)C(C)(C)C)ccc1Br. The summed E-state index contributed by atoms with van der Waals surface area (Å²) in [6.45, 7) is 16.1. The highest BCUT2D eigenvalue weighted by atomic mass is 79.9. The van der Waals surface area contributed by atoms with Crippen molar-refractivity contribution in [2.24, 2.45) is 0 Å². The summed E-state index contributed by atoms with van der Waals surface area (Å²) in [5.74, 6) is 1.22. The molecule has 0 aromatic heterocycles. The Morgan fingerprint density at radius 2 is 1.78 bits per heavy atom. The average molecular weight is 402 g/mol. The van der Waals surface area contributed by atoms with Crippen LogP contribution in [0, 0.1) is 0 Å². The van der Waals surface area contributed by atoms with Gasteiger partial charge in [0.2, 0.25) is 8.32 Å². The van der Waals surface area contributed by atoms with E-state index in [9.17, 15) is 4.79 Å². The third-order valence-corrected chi connectivity index (χ3v) is 9.31. The van der Waals surface area contributed by atoms with E-state index in [-0.39, 0.29) is 11.1 Å². The van der Waals surface area contributed by atoms with Crippen LogP contribution < -0.4 is 9.16 Å². The average Bonchev–Trinajstić information content (AvgIpc) is 2.42. The predicted molar refractivity (Wildman–Crippen MR) is 101 cm³/mol. The molecule has 0 spiro atoms. The molecule has 0 aliphatic rings. The van der Waals surface area contributed by atoms with Crippen LogP contribution >= 0.6 is 15.9 Å². The monoisotopic (exact) mass is 401 g/mol. The molecule has 0 aliphatic heterocycles. The fraction of sp³-hybridized carbons (Fsp3) is 0.588. The van der Waals surface area contributed by atoms with Gasteiger partial charge in [0.1, 0.15) is 5.75 Å². The van der Waals surface area contributed by atoms with Crippen LogP contribution in [0.5, 0.6) is 11.5 Å². The van der Waals surface area contributed by atoms with Gasteiger partial charge in [-0.15, -0.1) is 0 Å². The molecule has 0 radical (unpaired) electrons. The highest BCUT2D eigenvalue weighted by Gasteiger charge is 2.39. The number of carbonyl (C=O) groups is 1. The van der Waals surface area contributed by atoms with Crippen LogP contribution in [0.2, 0.25) is 18.1 Å². The van der Waals surface area contributed by atoms with Crippen molar-refractivity contribution >= 4 is 30.3 Å². The van der Waals surface area contributed by atoms with Gasteiger partial charge in [-0.2, -0.15) is 0 Å². The second kappa shape index (κ2) is 7.70. The maximum absolute atomic E-state index is 12.1. The van der Waals surface area contributed by atoms with Gasteiger partial charge in [0.05, 0.1) is 4.47 Å². The molecule has 4 nitrogen and oxygen atoms in total. The smallest absolute Gasteiger partial charge is 0.415 e. The van der Waals surface area contributed by atoms with Crippen molar-refractivity contribution in [3.63, 3.8) is 0 Å². The summed E-state index contributed by atoms with van der Waals surface area (Å²) < 4.78 is 12.5. The Kier molecular flexibility index (Phi) is 6.71. The number of ether oxygens (including phenoxy) is 1. The zero-order chi connectivity index (χ0) is 17.8. The summed E-state index contributed by atoms with van der Waals surface area (Å²) in [7, 11) is -1.93. The summed E-state index contributed by atoms with van der Waals surface area (Å²) in [4.78, 5) is 13.8. The van der Waals surface area contributed by atoms with Gasteiger partial charge in [0, 0.05) is 19.2 Å². The van der Waals surface area contributed by atoms with E-state index >= 15 is 0 Å². The standard InChI is InChI=1S/C17H28BrNO3Si/c1-8-19(9-2)16(20)21-15-12-13(10-11-14(15)18)22-23(6,7)17(3,4)5/h10-12H,8-9H2,1-7H3. The largest absolute Gasteiger partial charge is 0.543 e. The van der Waals surface area contributed by atoms with Crippen molar-refractivity contribution in [1.82, 2.24) is 4.90 Å². The van der Waals surface area contributed by atoms with Gasteiger partial charge in [-0.3, -0.25) is 0 Å². The Morgan fingerprint density at radius 3 is 2.26 bits per heavy atom. The van der Waals surface area contributed by atoms with Crippen LogP contribution in [0.4, 0.5) is 4.79 Å². The lowest BCUT2D eigenvalue weighted by Crippen LogP contribution is -2.43. The quantitative estimate of drug-likeness (QED) is 0.596. The fourth-order valence-corrected chi connectivity index (χ4v) is 3.06. The van der Waals surface area contributed by atoms with E-state index in [2.05, 4.69) is 49.8 Å². The number of halogens is 1. The molecule has 0 N–H and O–H groups in total. The summed E-state index contributed by atoms with van der Waals surface area (Å²) in [6.07, 6.45) is -0.347. The van der Waals surface area contributed by atoms with Crippen molar-refractivity contribution in [3.8, 4) is 11.5 Å². The van der Waals surface area contributed by atoms with Crippen molar-refractivity contribution in [1.29, 1.82) is 0 Å². The Morgan fingerprint density at radius 1 is 1.22 bits per heavy atom. The molecular weight excluding hydrogens is 374 g/mol. The van der Waals surface area contributed by atoms with Crippen LogP contribution in [-0.4, -0.2) is 32.4 Å². The molecule has 23 heavy (non-hydrogen) atoms. The van der Waals surface area contributed by atoms with Crippen molar-refractivity contribution in [3.05, 3.63) is 22.7 Å². The molecule has 0 atom stereocenters. The highest BCUT2D eigenvalue weighted by Crippen LogP contribution is 2.39. The minimum atomic E-state index is -1.93. The lowest BCUT2D eigenvalue weighted by Gasteiger charge is -2.36. The summed E-state index contributed by atoms with van der Waals surface area (Å²) >= 11 is 3.43. The summed E-state index contributed by atoms with van der Waals surface area (Å²) in [5, 5.41) is 0.109. The zero-order valence-electron chi connectivity index (χ0n) is 15.2. The van der Waals surface area contributed by atoms with Crippen LogP contribution in [0.15, 0.2) is 22.7 Å². The van der Waals surface area contributed by atoms with Crippen molar-refractivity contribution < 1.29 is 14.0 Å². The molecule has 0 fully saturated rings. The summed E-state index contributed by atoms with van der Waals surface area (Å²) in [5.41, 5.74) is 0. The molecule has 0 heterocycles. The molecule has 0 aliphatic carbocycles. The van der Waals surface area contributed by atoms with Crippen LogP contribution in [0.25, 0.3) is 0 Å². The molecule has 1 rings (SSSR count). The van der Waals surface area contributed by atoms with Crippen LogP contribution in [0.1, 0.15) is 34.6 Å². The van der Waals surface area contributed by atoms with Crippen molar-refractivity contribution in [2.45, 2.75) is 52.8 Å². The van der Waals surface area contributed by atoms with Gasteiger partial charge >= 0.3 is 6.09 Å². The number of hydrogen-bond acceptors (Lipinski definition) is 3. The molecule has 0 saturated carbocycles. The maximum Gasteiger partial charge on any atom is 0.415 e. The second-order valence-electron chi connectivity index (χ2n) is 6.99. The maximum atomic E-state index is 12.1. The first kappa shape index (κ1) is 20.0. The molecule has 1 aromatic rings. The molecule has 1 amide bonds. The summed E-state index contributed by atoms with van der Waals surface area (Å²) in [6, 6.07) is 5.54. The Bertz CT molecular complexity index is 551. The number of amides is 1. The molecule has 1 aromatic carbocycles. The fourth-order valence-electron chi connectivity index (χ4n) is 1.71. The zero-order valence-corrected chi connectivity index (χ0v) is 17.8. The van der Waals surface area contributed by atoms with E-state index in [0.29, 0.717) is 18.8 Å². The van der Waals surface area contributed by atoms with Gasteiger partial charge in [0.15, 0.2) is 5.75 Å². The Hall–Kier alpha value is -1.01. The minimum absolute atomic E-state index is 0.109. The topological polar surface area (TPSA) is 38.8 Å². The normalized spacial score (nSPS) is 12.0. The van der Waals surface area contributed by atoms with Gasteiger partial charge in [-0.05, 0) is 60.0 Å². The lowest BCUT2D eigenvalue weighted by molar-refractivity contribution is 0.157. The van der Waals surface area contributed by atoms with Gasteiger partial charge < -0.3 is 14.1 Å². The molecule has 0 unspecified atom stereocenters. The van der Waals surface area contributed by atoms with Gasteiger partial charge in [-0.25, -0.2) is 4.79 Å². The molecule has 0 saturated heterocycles. The number of nitrogens with zero attached hydrogens (tertiary/aromatic N) is 1. The van der Waals surface area contributed by atoms with E-state index in [1.165, 1.54) is 0 Å². The number of hydrogen-bond donors (Lipinski definition) is 0. The third kappa shape index (κ3) is 5.24. The first-order chi connectivity index (χ1) is 10.5. The van der Waals surface area contributed by atoms with E-state index in [4.69, 9.17) is 9.16 Å². The molecule has 0 bridgehead atoms. The number of rotatable bonds is 5. The number of carbonyl (C=O) groups excluding carboxylic acids is 1. The van der Waals surface area contributed by atoms with Crippen LogP contribution in [-0.2, 0) is 0 Å². The first-order valence-corrected chi connectivity index (χ1v) is 11.7. The Balaban J connectivity index is 2.98. The van der Waals surface area contributed by atoms with E-state index in [0.717, 1.165) is 10.2 Å². The van der Waals surface area contributed by atoms with E-state index < -0.39 is 8.32 Å². The molecule has 130 valence electrons. The lowest BCUT2D eigenvalue weighted by atomic mass is 10.2. The predicted octanol–water partition coefficient (Wildman–Crippen LogP) is 5.67. The van der Waals surface area contributed by atoms with Gasteiger partial charge in [0.25, 0.3) is 0 Å². The third-order valence-electron chi connectivity index (χ3n) is 4.30.